The smallest absolute Gasteiger partial charge is 0.132 e. The first kappa shape index (κ1) is 7.21. The Kier molecular flexibility index (Phi) is 2.01. The van der Waals surface area contributed by atoms with Gasteiger partial charge in [-0.3, -0.25) is 0 Å². The molecule has 0 saturated heterocycles. The molecule has 1 aromatic rings. The van der Waals surface area contributed by atoms with Crippen molar-refractivity contribution < 1.29 is 5.11 Å². The lowest BCUT2D eigenvalue weighted by Crippen LogP contribution is -1.68. The topological polar surface area (TPSA) is 49.7 Å². The van der Waals surface area contributed by atoms with E-state index >= 15 is 0 Å². The molecule has 0 aliphatic heterocycles. The third kappa shape index (κ3) is 1.16. The quantitative estimate of drug-likeness (QED) is 0.711. The third-order valence-electron chi connectivity index (χ3n) is 1.06. The number of hydrogen-bond donors (Lipinski definition) is 1. The Hall–Kier alpha value is -0.900. The Balaban J connectivity index is 3.27. The maximum Gasteiger partial charge on any atom is 0.132 e. The highest BCUT2D eigenvalue weighted by atomic mass is 79.9. The molecule has 0 spiro atoms. The van der Waals surface area contributed by atoms with Crippen LogP contribution in [0, 0.1) is 4.91 Å². The Morgan fingerprint density at radius 2 is 2.20 bits per heavy atom. The molecule has 1 rings (SSSR count). The monoisotopic (exact) mass is 201 g/mol. The number of nitrogens with zero attached hydrogens (tertiary/aromatic N) is 1. The number of nitroso groups, excluding NO2 is 1. The van der Waals surface area contributed by atoms with Gasteiger partial charge in [-0.15, -0.1) is 4.91 Å². The van der Waals surface area contributed by atoms with Crippen molar-refractivity contribution in [3.8, 4) is 5.75 Å². The van der Waals surface area contributed by atoms with E-state index in [4.69, 9.17) is 5.11 Å². The molecule has 1 aromatic carbocycles. The molecule has 10 heavy (non-hydrogen) atoms. The summed E-state index contributed by atoms with van der Waals surface area (Å²) in [5.41, 5.74) is 0.208. The lowest BCUT2D eigenvalue weighted by Gasteiger charge is -1.95. The Labute approximate surface area is 65.8 Å². The molecular formula is C6H4BrNO2. The average Bonchev–Trinajstić information content (AvgIpc) is 1.95. The van der Waals surface area contributed by atoms with Gasteiger partial charge in [-0.05, 0) is 33.2 Å². The highest BCUT2D eigenvalue weighted by molar-refractivity contribution is 9.10. The van der Waals surface area contributed by atoms with Gasteiger partial charge in [0.15, 0.2) is 0 Å². The summed E-state index contributed by atoms with van der Waals surface area (Å²) >= 11 is 3.00. The van der Waals surface area contributed by atoms with Crippen LogP contribution < -0.4 is 0 Å². The van der Waals surface area contributed by atoms with Gasteiger partial charge in [0, 0.05) is 0 Å². The van der Waals surface area contributed by atoms with Crippen LogP contribution in [0.1, 0.15) is 0 Å². The van der Waals surface area contributed by atoms with E-state index in [2.05, 4.69) is 21.1 Å². The molecule has 0 unspecified atom stereocenters. The van der Waals surface area contributed by atoms with E-state index in [-0.39, 0.29) is 11.4 Å². The SMILES string of the molecule is O=Nc1cccc(O)c1Br. The molecule has 1 N–H and O–H groups in total. The first-order valence-electron chi connectivity index (χ1n) is 2.56. The normalized spacial score (nSPS) is 9.30. The standard InChI is InChI=1S/C6H4BrNO2/c7-6-4(8-10)2-1-3-5(6)9/h1-3,9H. The first-order chi connectivity index (χ1) is 4.75. The second-order valence-electron chi connectivity index (χ2n) is 1.70. The van der Waals surface area contributed by atoms with Crippen LogP contribution in [-0.4, -0.2) is 5.11 Å². The van der Waals surface area contributed by atoms with E-state index in [1.165, 1.54) is 12.1 Å². The molecule has 0 aromatic heterocycles. The number of halogens is 1. The van der Waals surface area contributed by atoms with Gasteiger partial charge in [0.2, 0.25) is 0 Å². The second-order valence-corrected chi connectivity index (χ2v) is 2.49. The van der Waals surface area contributed by atoms with Crippen LogP contribution >= 0.6 is 15.9 Å². The highest BCUT2D eigenvalue weighted by Crippen LogP contribution is 2.32. The van der Waals surface area contributed by atoms with Crippen LogP contribution in [0.5, 0.6) is 5.75 Å². The average molecular weight is 202 g/mol. The van der Waals surface area contributed by atoms with E-state index in [0.717, 1.165) is 0 Å². The second kappa shape index (κ2) is 2.79. The number of hydrogen-bond acceptors (Lipinski definition) is 3. The maximum absolute atomic E-state index is 9.99. The fourth-order valence-corrected chi connectivity index (χ4v) is 0.915. The van der Waals surface area contributed by atoms with Gasteiger partial charge in [-0.25, -0.2) is 0 Å². The molecule has 0 fully saturated rings. The molecule has 0 saturated carbocycles. The van der Waals surface area contributed by atoms with Crippen LogP contribution in [0.15, 0.2) is 27.8 Å². The predicted octanol–water partition coefficient (Wildman–Crippen LogP) is 2.55. The van der Waals surface area contributed by atoms with Crippen LogP contribution in [0.3, 0.4) is 0 Å². The molecule has 0 heterocycles. The minimum absolute atomic E-state index is 0.0251. The lowest BCUT2D eigenvalue weighted by atomic mass is 10.3. The molecule has 0 bridgehead atoms. The molecule has 52 valence electrons. The first-order valence-corrected chi connectivity index (χ1v) is 3.36. The van der Waals surface area contributed by atoms with Gasteiger partial charge in [0.05, 0.1) is 4.47 Å². The number of phenolic OH excluding ortho intramolecular Hbond substituents is 1. The zero-order chi connectivity index (χ0) is 7.56. The van der Waals surface area contributed by atoms with Crippen molar-refractivity contribution in [3.63, 3.8) is 0 Å². The summed E-state index contributed by atoms with van der Waals surface area (Å²) in [7, 11) is 0. The van der Waals surface area contributed by atoms with Gasteiger partial charge in [-0.2, -0.15) is 0 Å². The summed E-state index contributed by atoms with van der Waals surface area (Å²) in [6.45, 7) is 0. The van der Waals surface area contributed by atoms with Crippen molar-refractivity contribution in [2.75, 3.05) is 0 Å². The van der Waals surface area contributed by atoms with E-state index in [9.17, 15) is 4.91 Å². The third-order valence-corrected chi connectivity index (χ3v) is 1.87. The molecule has 3 nitrogen and oxygen atoms in total. The van der Waals surface area contributed by atoms with Crippen molar-refractivity contribution in [3.05, 3.63) is 27.6 Å². The van der Waals surface area contributed by atoms with Crippen molar-refractivity contribution in [1.29, 1.82) is 0 Å². The molecule has 0 radical (unpaired) electrons. The summed E-state index contributed by atoms with van der Waals surface area (Å²) in [6.07, 6.45) is 0. The largest absolute Gasteiger partial charge is 0.507 e. The number of phenols is 1. The maximum atomic E-state index is 9.99. The molecule has 0 aliphatic carbocycles. The lowest BCUT2D eigenvalue weighted by molar-refractivity contribution is 0.472. The van der Waals surface area contributed by atoms with E-state index in [1.54, 1.807) is 6.07 Å². The van der Waals surface area contributed by atoms with Crippen LogP contribution in [-0.2, 0) is 0 Å². The van der Waals surface area contributed by atoms with Crippen molar-refractivity contribution in [1.82, 2.24) is 0 Å². The summed E-state index contributed by atoms with van der Waals surface area (Å²) in [6, 6.07) is 4.53. The van der Waals surface area contributed by atoms with Crippen LogP contribution in [0.2, 0.25) is 0 Å². The summed E-state index contributed by atoms with van der Waals surface area (Å²) < 4.78 is 0.338. The van der Waals surface area contributed by atoms with E-state index in [1.807, 2.05) is 0 Å². The Morgan fingerprint density at radius 3 is 2.70 bits per heavy atom. The number of rotatable bonds is 1. The summed E-state index contributed by atoms with van der Waals surface area (Å²) in [5, 5.41) is 11.7. The van der Waals surface area contributed by atoms with Gasteiger partial charge in [-0.1, -0.05) is 6.07 Å². The molecule has 0 atom stereocenters. The fraction of sp³-hybridized carbons (Fsp3) is 0. The zero-order valence-corrected chi connectivity index (χ0v) is 6.50. The molecular weight excluding hydrogens is 198 g/mol. The van der Waals surface area contributed by atoms with Crippen LogP contribution in [0.4, 0.5) is 5.69 Å². The summed E-state index contributed by atoms with van der Waals surface area (Å²) in [5.74, 6) is 0.0251. The minimum atomic E-state index is 0.0251. The Bertz CT molecular complexity index is 262. The van der Waals surface area contributed by atoms with Crippen LogP contribution in [0.25, 0.3) is 0 Å². The Morgan fingerprint density at radius 1 is 1.50 bits per heavy atom. The zero-order valence-electron chi connectivity index (χ0n) is 4.91. The molecule has 4 heteroatoms. The fourth-order valence-electron chi connectivity index (χ4n) is 0.578. The number of benzene rings is 1. The van der Waals surface area contributed by atoms with E-state index in [0.29, 0.717) is 4.47 Å². The van der Waals surface area contributed by atoms with Crippen molar-refractivity contribution in [2.45, 2.75) is 0 Å². The predicted molar refractivity (Wildman–Crippen MR) is 41.3 cm³/mol. The van der Waals surface area contributed by atoms with Gasteiger partial charge < -0.3 is 5.11 Å². The molecule has 0 amide bonds. The van der Waals surface area contributed by atoms with Gasteiger partial charge in [0.1, 0.15) is 11.4 Å². The van der Waals surface area contributed by atoms with E-state index < -0.39 is 0 Å². The minimum Gasteiger partial charge on any atom is -0.507 e. The van der Waals surface area contributed by atoms with Crippen molar-refractivity contribution in [2.24, 2.45) is 5.18 Å². The van der Waals surface area contributed by atoms with Gasteiger partial charge >= 0.3 is 0 Å². The highest BCUT2D eigenvalue weighted by Gasteiger charge is 2.02. The van der Waals surface area contributed by atoms with Gasteiger partial charge in [0.25, 0.3) is 0 Å². The number of aromatic hydroxyl groups is 1. The summed E-state index contributed by atoms with van der Waals surface area (Å²) in [4.78, 5) is 9.99. The molecule has 0 aliphatic rings. The van der Waals surface area contributed by atoms with Crippen molar-refractivity contribution >= 4 is 21.6 Å².